The molecule has 1 saturated heterocycles. The monoisotopic (exact) mass is 291 g/mol. The van der Waals surface area contributed by atoms with Crippen molar-refractivity contribution in [2.24, 2.45) is 5.73 Å². The molecule has 1 fully saturated rings. The van der Waals surface area contributed by atoms with E-state index in [1.807, 2.05) is 6.07 Å². The molecule has 0 bridgehead atoms. The summed E-state index contributed by atoms with van der Waals surface area (Å²) >= 11 is 0. The summed E-state index contributed by atoms with van der Waals surface area (Å²) in [6.07, 6.45) is 1.35. The molecule has 114 valence electrons. The fourth-order valence-electron chi connectivity index (χ4n) is 2.53. The Balaban J connectivity index is 1.93. The number of rotatable bonds is 4. The van der Waals surface area contributed by atoms with Gasteiger partial charge in [0.2, 0.25) is 0 Å². The molecule has 3 N–H and O–H groups in total. The Morgan fingerprint density at radius 2 is 2.14 bits per heavy atom. The van der Waals surface area contributed by atoms with Crippen LogP contribution in [0.5, 0.6) is 0 Å². The van der Waals surface area contributed by atoms with Crippen LogP contribution in [0.2, 0.25) is 0 Å². The molecule has 0 aromatic heterocycles. The first-order chi connectivity index (χ1) is 9.99. The number of urea groups is 1. The average molecular weight is 291 g/mol. The Bertz CT molecular complexity index is 533. The van der Waals surface area contributed by atoms with Gasteiger partial charge in [0.1, 0.15) is 0 Å². The van der Waals surface area contributed by atoms with Crippen LogP contribution >= 0.6 is 0 Å². The number of aromatic carboxylic acids is 1. The van der Waals surface area contributed by atoms with E-state index in [1.165, 1.54) is 0 Å². The Morgan fingerprint density at radius 3 is 2.76 bits per heavy atom. The number of carboxylic acid groups (broad SMARTS) is 1. The van der Waals surface area contributed by atoms with Crippen molar-refractivity contribution in [1.82, 2.24) is 9.80 Å². The van der Waals surface area contributed by atoms with Crippen LogP contribution in [-0.4, -0.2) is 59.6 Å². The number of hydrogen-bond donors (Lipinski definition) is 2. The van der Waals surface area contributed by atoms with Crippen LogP contribution in [-0.2, 0) is 6.42 Å². The molecular weight excluding hydrogens is 270 g/mol. The van der Waals surface area contributed by atoms with E-state index in [9.17, 15) is 9.59 Å². The van der Waals surface area contributed by atoms with Gasteiger partial charge in [-0.1, -0.05) is 18.2 Å². The summed E-state index contributed by atoms with van der Waals surface area (Å²) in [5.74, 6) is -0.940. The lowest BCUT2D eigenvalue weighted by Gasteiger charge is -2.24. The van der Waals surface area contributed by atoms with Gasteiger partial charge in [-0.3, -0.25) is 0 Å². The Kier molecular flexibility index (Phi) is 4.80. The van der Waals surface area contributed by atoms with Crippen LogP contribution in [0.3, 0.4) is 0 Å². The summed E-state index contributed by atoms with van der Waals surface area (Å²) in [4.78, 5) is 26.7. The molecule has 1 heterocycles. The van der Waals surface area contributed by atoms with E-state index in [0.29, 0.717) is 31.6 Å². The molecule has 2 amide bonds. The number of carbonyl (C=O) groups is 2. The number of nitrogens with zero attached hydrogens (tertiary/aromatic N) is 2. The van der Waals surface area contributed by atoms with Gasteiger partial charge in [0, 0.05) is 32.7 Å². The minimum atomic E-state index is -0.940. The van der Waals surface area contributed by atoms with Crippen molar-refractivity contribution < 1.29 is 14.7 Å². The normalized spacial score (nSPS) is 17.8. The highest BCUT2D eigenvalue weighted by Gasteiger charge is 2.25. The van der Waals surface area contributed by atoms with E-state index >= 15 is 0 Å². The number of likely N-dealkylation sites (tertiary alicyclic amines) is 1. The van der Waals surface area contributed by atoms with Crippen molar-refractivity contribution in [1.29, 1.82) is 0 Å². The molecule has 0 spiro atoms. The van der Waals surface area contributed by atoms with Crippen molar-refractivity contribution >= 4 is 12.0 Å². The van der Waals surface area contributed by atoms with Gasteiger partial charge in [-0.05, 0) is 24.5 Å². The molecule has 6 nitrogen and oxygen atoms in total. The molecule has 0 saturated carbocycles. The highest BCUT2D eigenvalue weighted by Crippen LogP contribution is 2.12. The first kappa shape index (κ1) is 15.3. The van der Waals surface area contributed by atoms with Gasteiger partial charge >= 0.3 is 12.0 Å². The van der Waals surface area contributed by atoms with Gasteiger partial charge in [0.05, 0.1) is 5.56 Å². The van der Waals surface area contributed by atoms with E-state index in [2.05, 4.69) is 0 Å². The van der Waals surface area contributed by atoms with Gasteiger partial charge in [-0.25, -0.2) is 9.59 Å². The third kappa shape index (κ3) is 3.72. The summed E-state index contributed by atoms with van der Waals surface area (Å²) < 4.78 is 0. The van der Waals surface area contributed by atoms with Crippen LogP contribution < -0.4 is 5.73 Å². The second-order valence-electron chi connectivity index (χ2n) is 5.41. The fraction of sp³-hybridized carbons (Fsp3) is 0.467. The number of hydrogen-bond acceptors (Lipinski definition) is 3. The Hall–Kier alpha value is -2.08. The predicted octanol–water partition coefficient (Wildman–Crippen LogP) is 1.01. The molecule has 1 aromatic rings. The Morgan fingerprint density at radius 1 is 1.43 bits per heavy atom. The molecule has 21 heavy (non-hydrogen) atoms. The van der Waals surface area contributed by atoms with Crippen LogP contribution in [0, 0.1) is 0 Å². The number of nitrogens with two attached hydrogens (primary N) is 1. The first-order valence-corrected chi connectivity index (χ1v) is 7.06. The van der Waals surface area contributed by atoms with Crippen molar-refractivity contribution in [2.75, 3.05) is 26.7 Å². The van der Waals surface area contributed by atoms with E-state index in [0.717, 1.165) is 12.0 Å². The first-order valence-electron chi connectivity index (χ1n) is 7.06. The van der Waals surface area contributed by atoms with Crippen LogP contribution in [0.1, 0.15) is 22.3 Å². The maximum absolute atomic E-state index is 12.2. The molecule has 2 rings (SSSR count). The number of carbonyl (C=O) groups excluding carboxylic acids is 1. The molecule has 0 aliphatic carbocycles. The summed E-state index contributed by atoms with van der Waals surface area (Å²) in [7, 11) is 1.73. The minimum absolute atomic E-state index is 0.0456. The zero-order valence-corrected chi connectivity index (χ0v) is 12.2. The maximum atomic E-state index is 12.2. The van der Waals surface area contributed by atoms with Crippen molar-refractivity contribution in [2.45, 2.75) is 18.9 Å². The summed E-state index contributed by atoms with van der Waals surface area (Å²) in [6.45, 7) is 1.76. The molecule has 1 aromatic carbocycles. The lowest BCUT2D eigenvalue weighted by Crippen LogP contribution is -2.41. The third-order valence-corrected chi connectivity index (χ3v) is 3.79. The van der Waals surface area contributed by atoms with Gasteiger partial charge in [-0.15, -0.1) is 0 Å². The van der Waals surface area contributed by atoms with E-state index < -0.39 is 5.97 Å². The molecule has 0 radical (unpaired) electrons. The van der Waals surface area contributed by atoms with E-state index in [-0.39, 0.29) is 12.1 Å². The SMILES string of the molecule is CN(CCc1ccccc1C(=O)O)C(=O)N1CCC(N)C1. The highest BCUT2D eigenvalue weighted by atomic mass is 16.4. The summed E-state index contributed by atoms with van der Waals surface area (Å²) in [5.41, 5.74) is 6.84. The zero-order chi connectivity index (χ0) is 15.4. The second kappa shape index (κ2) is 6.58. The van der Waals surface area contributed by atoms with Crippen LogP contribution in [0.25, 0.3) is 0 Å². The molecule has 1 aliphatic heterocycles. The second-order valence-corrected chi connectivity index (χ2v) is 5.41. The molecule has 1 aliphatic rings. The van der Waals surface area contributed by atoms with Crippen molar-refractivity contribution in [3.8, 4) is 0 Å². The summed E-state index contributed by atoms with van der Waals surface area (Å²) in [5, 5.41) is 9.14. The maximum Gasteiger partial charge on any atom is 0.335 e. The summed E-state index contributed by atoms with van der Waals surface area (Å²) in [6, 6.07) is 6.90. The molecule has 1 unspecified atom stereocenters. The van der Waals surface area contributed by atoms with Gasteiger partial charge in [0.15, 0.2) is 0 Å². The number of likely N-dealkylation sites (N-methyl/N-ethyl adjacent to an activating group) is 1. The molecule has 6 heteroatoms. The Labute approximate surface area is 124 Å². The predicted molar refractivity (Wildman–Crippen MR) is 79.3 cm³/mol. The standard InChI is InChI=1S/C15H21N3O3/c1-17(15(21)18-9-7-12(16)10-18)8-6-11-4-2-3-5-13(11)14(19)20/h2-5,12H,6-10,16H2,1H3,(H,19,20). The van der Waals surface area contributed by atoms with Crippen molar-refractivity contribution in [3.63, 3.8) is 0 Å². The lowest BCUT2D eigenvalue weighted by atomic mass is 10.0. The average Bonchev–Trinajstić information content (AvgIpc) is 2.90. The lowest BCUT2D eigenvalue weighted by molar-refractivity contribution is 0.0695. The van der Waals surface area contributed by atoms with Gasteiger partial charge in [0.25, 0.3) is 0 Å². The van der Waals surface area contributed by atoms with E-state index in [1.54, 1.807) is 35.0 Å². The van der Waals surface area contributed by atoms with Crippen LogP contribution in [0.4, 0.5) is 4.79 Å². The number of amides is 2. The highest BCUT2D eigenvalue weighted by molar-refractivity contribution is 5.89. The van der Waals surface area contributed by atoms with Gasteiger partial charge < -0.3 is 20.6 Å². The van der Waals surface area contributed by atoms with Gasteiger partial charge in [-0.2, -0.15) is 0 Å². The largest absolute Gasteiger partial charge is 0.478 e. The quantitative estimate of drug-likeness (QED) is 0.867. The smallest absolute Gasteiger partial charge is 0.335 e. The molecular formula is C15H21N3O3. The van der Waals surface area contributed by atoms with E-state index in [4.69, 9.17) is 10.8 Å². The van der Waals surface area contributed by atoms with Crippen LogP contribution in [0.15, 0.2) is 24.3 Å². The topological polar surface area (TPSA) is 86.9 Å². The van der Waals surface area contributed by atoms with Crippen molar-refractivity contribution in [3.05, 3.63) is 35.4 Å². The third-order valence-electron chi connectivity index (χ3n) is 3.79. The molecule has 1 atom stereocenters. The zero-order valence-electron chi connectivity index (χ0n) is 12.2. The minimum Gasteiger partial charge on any atom is -0.478 e. The number of carboxylic acids is 1. The fourth-order valence-corrected chi connectivity index (χ4v) is 2.53. The number of benzene rings is 1.